The molecule has 8 aromatic rings. The molecule has 0 unspecified atom stereocenters. The number of hydrogen-bond acceptors (Lipinski definition) is 3. The van der Waals surface area contributed by atoms with Gasteiger partial charge in [0.1, 0.15) is 5.52 Å². The normalized spacial score (nSPS) is 13.1. The maximum atomic E-state index is 6.66. The molecule has 0 aliphatic heterocycles. The second-order valence-corrected chi connectivity index (χ2v) is 12.8. The van der Waals surface area contributed by atoms with E-state index >= 15 is 0 Å². The number of benzene rings is 7. The predicted molar refractivity (Wildman–Crippen MR) is 195 cm³/mol. The molecule has 0 spiro atoms. The van der Waals surface area contributed by atoms with Crippen molar-refractivity contribution < 1.29 is 4.42 Å². The third-order valence-corrected chi connectivity index (χ3v) is 9.69. The first-order valence-electron chi connectivity index (χ1n) is 16.1. The lowest BCUT2D eigenvalue weighted by molar-refractivity contribution is 0.620. The highest BCUT2D eigenvalue weighted by molar-refractivity contribution is 6.11. The summed E-state index contributed by atoms with van der Waals surface area (Å²) in [5, 5.41) is 2.18. The van der Waals surface area contributed by atoms with Crippen LogP contribution in [0.2, 0.25) is 0 Å². The fourth-order valence-electron chi connectivity index (χ4n) is 7.39. The van der Waals surface area contributed by atoms with E-state index in [0.29, 0.717) is 5.89 Å². The molecular weight excluding hydrogens is 572 g/mol. The Morgan fingerprint density at radius 2 is 1.19 bits per heavy atom. The highest BCUT2D eigenvalue weighted by Crippen LogP contribution is 2.52. The Bertz CT molecular complexity index is 2420. The standard InChI is InChI=1S/C44H32N2O/c1-44(2)37-22-12-11-20-36(37)40-34(21-13-23-38(40)44)29-24-26-33(27-25-29)46(32-17-7-4-8-18-32)39-28-31-16-9-10-19-35(31)41-42(39)47-43(45-41)30-14-5-3-6-15-30/h3-28H,1-2H3. The SMILES string of the molecule is CC1(C)c2ccccc2-c2c(-c3ccc(N(c4ccccc4)c4cc5ccccc5c5nc(-c6ccccc6)oc45)cc3)cccc21. The van der Waals surface area contributed by atoms with Gasteiger partial charge >= 0.3 is 0 Å². The second kappa shape index (κ2) is 10.6. The highest BCUT2D eigenvalue weighted by Gasteiger charge is 2.36. The topological polar surface area (TPSA) is 29.3 Å². The smallest absolute Gasteiger partial charge is 0.227 e. The Hall–Kier alpha value is -5.93. The quantitative estimate of drug-likeness (QED) is 0.196. The van der Waals surface area contributed by atoms with Gasteiger partial charge in [-0.15, -0.1) is 0 Å². The summed E-state index contributed by atoms with van der Waals surface area (Å²) in [5.74, 6) is 0.614. The molecule has 1 aliphatic carbocycles. The van der Waals surface area contributed by atoms with Crippen molar-refractivity contribution >= 4 is 38.9 Å². The van der Waals surface area contributed by atoms with Crippen LogP contribution in [0.3, 0.4) is 0 Å². The molecular formula is C44H32N2O. The molecule has 0 radical (unpaired) electrons. The van der Waals surface area contributed by atoms with Crippen molar-refractivity contribution in [3.8, 4) is 33.7 Å². The third kappa shape index (κ3) is 4.31. The van der Waals surface area contributed by atoms with Crippen molar-refractivity contribution in [3.05, 3.63) is 169 Å². The van der Waals surface area contributed by atoms with Crippen LogP contribution >= 0.6 is 0 Å². The van der Waals surface area contributed by atoms with Gasteiger partial charge in [0.15, 0.2) is 5.58 Å². The lowest BCUT2D eigenvalue weighted by Gasteiger charge is -2.26. The van der Waals surface area contributed by atoms with Crippen LogP contribution in [0.15, 0.2) is 162 Å². The number of para-hydroxylation sites is 1. The fraction of sp³-hybridized carbons (Fsp3) is 0.0682. The van der Waals surface area contributed by atoms with Gasteiger partial charge in [0.2, 0.25) is 5.89 Å². The molecule has 0 atom stereocenters. The van der Waals surface area contributed by atoms with Crippen molar-refractivity contribution in [3.63, 3.8) is 0 Å². The zero-order chi connectivity index (χ0) is 31.5. The molecule has 0 N–H and O–H groups in total. The lowest BCUT2D eigenvalue weighted by atomic mass is 9.82. The van der Waals surface area contributed by atoms with Gasteiger partial charge in [-0.1, -0.05) is 129 Å². The Morgan fingerprint density at radius 3 is 2.00 bits per heavy atom. The van der Waals surface area contributed by atoms with Gasteiger partial charge in [-0.25, -0.2) is 4.98 Å². The minimum atomic E-state index is -0.0386. The maximum absolute atomic E-state index is 6.66. The monoisotopic (exact) mass is 604 g/mol. The Balaban J connectivity index is 1.23. The molecule has 0 saturated heterocycles. The molecule has 1 aromatic heterocycles. The van der Waals surface area contributed by atoms with E-state index in [1.807, 2.05) is 30.3 Å². The summed E-state index contributed by atoms with van der Waals surface area (Å²) in [6.45, 7) is 4.67. The summed E-state index contributed by atoms with van der Waals surface area (Å²) in [6, 6.07) is 55.8. The zero-order valence-corrected chi connectivity index (χ0v) is 26.3. The van der Waals surface area contributed by atoms with Crippen LogP contribution in [0.1, 0.15) is 25.0 Å². The van der Waals surface area contributed by atoms with Crippen molar-refractivity contribution in [2.24, 2.45) is 0 Å². The zero-order valence-electron chi connectivity index (χ0n) is 26.3. The third-order valence-electron chi connectivity index (χ3n) is 9.69. The number of aromatic nitrogens is 1. The van der Waals surface area contributed by atoms with E-state index in [2.05, 4.69) is 146 Å². The summed E-state index contributed by atoms with van der Waals surface area (Å²) in [5.41, 5.74) is 13.5. The molecule has 1 heterocycles. The van der Waals surface area contributed by atoms with Crippen molar-refractivity contribution in [2.45, 2.75) is 19.3 Å². The van der Waals surface area contributed by atoms with Gasteiger partial charge in [-0.3, -0.25) is 0 Å². The van der Waals surface area contributed by atoms with Gasteiger partial charge in [0, 0.05) is 27.7 Å². The van der Waals surface area contributed by atoms with Crippen LogP contribution in [0.25, 0.3) is 55.6 Å². The molecule has 1 aliphatic rings. The van der Waals surface area contributed by atoms with E-state index < -0.39 is 0 Å². The molecule has 7 aromatic carbocycles. The van der Waals surface area contributed by atoms with Crippen LogP contribution < -0.4 is 4.90 Å². The van der Waals surface area contributed by atoms with E-state index in [0.717, 1.165) is 44.5 Å². The van der Waals surface area contributed by atoms with Gasteiger partial charge in [-0.05, 0) is 81.2 Å². The van der Waals surface area contributed by atoms with Crippen molar-refractivity contribution in [1.29, 1.82) is 0 Å². The number of hydrogen-bond donors (Lipinski definition) is 0. The Labute approximate surface area is 274 Å². The first-order chi connectivity index (χ1) is 23.1. The molecule has 0 amide bonds. The van der Waals surface area contributed by atoms with Crippen molar-refractivity contribution in [1.82, 2.24) is 4.98 Å². The second-order valence-electron chi connectivity index (χ2n) is 12.8. The molecule has 224 valence electrons. The number of fused-ring (bicyclic) bond motifs is 6. The largest absolute Gasteiger partial charge is 0.434 e. The fourth-order valence-corrected chi connectivity index (χ4v) is 7.39. The number of nitrogens with zero attached hydrogens (tertiary/aromatic N) is 2. The van der Waals surface area contributed by atoms with Crippen LogP contribution in [-0.4, -0.2) is 4.98 Å². The van der Waals surface area contributed by atoms with Gasteiger partial charge in [-0.2, -0.15) is 0 Å². The molecule has 47 heavy (non-hydrogen) atoms. The van der Waals surface area contributed by atoms with Crippen molar-refractivity contribution in [2.75, 3.05) is 4.90 Å². The summed E-state index contributed by atoms with van der Waals surface area (Å²) < 4.78 is 6.66. The molecule has 0 bridgehead atoms. The van der Waals surface area contributed by atoms with Crippen LogP contribution in [-0.2, 0) is 5.41 Å². The minimum absolute atomic E-state index is 0.0386. The minimum Gasteiger partial charge on any atom is -0.434 e. The average Bonchev–Trinajstić information content (AvgIpc) is 3.68. The number of oxazole rings is 1. The van der Waals surface area contributed by atoms with E-state index in [4.69, 9.17) is 9.40 Å². The number of rotatable bonds is 5. The number of anilines is 3. The Morgan fingerprint density at radius 1 is 0.553 bits per heavy atom. The summed E-state index contributed by atoms with van der Waals surface area (Å²) in [7, 11) is 0. The van der Waals surface area contributed by atoms with Crippen LogP contribution in [0.4, 0.5) is 17.1 Å². The lowest BCUT2D eigenvalue weighted by Crippen LogP contribution is -2.14. The summed E-state index contributed by atoms with van der Waals surface area (Å²) in [6.07, 6.45) is 0. The molecule has 9 rings (SSSR count). The first-order valence-corrected chi connectivity index (χ1v) is 16.1. The molecule has 3 heteroatoms. The summed E-state index contributed by atoms with van der Waals surface area (Å²) in [4.78, 5) is 7.35. The van der Waals surface area contributed by atoms with Crippen LogP contribution in [0.5, 0.6) is 0 Å². The molecule has 3 nitrogen and oxygen atoms in total. The maximum Gasteiger partial charge on any atom is 0.227 e. The van der Waals surface area contributed by atoms with E-state index in [-0.39, 0.29) is 5.41 Å². The van der Waals surface area contributed by atoms with Gasteiger partial charge in [0.05, 0.1) is 5.69 Å². The predicted octanol–water partition coefficient (Wildman–Crippen LogP) is 12.1. The van der Waals surface area contributed by atoms with E-state index in [9.17, 15) is 0 Å². The van der Waals surface area contributed by atoms with Gasteiger partial charge < -0.3 is 9.32 Å². The molecule has 0 fully saturated rings. The van der Waals surface area contributed by atoms with Gasteiger partial charge in [0.25, 0.3) is 0 Å². The van der Waals surface area contributed by atoms with Crippen LogP contribution in [0, 0.1) is 0 Å². The summed E-state index contributed by atoms with van der Waals surface area (Å²) >= 11 is 0. The van der Waals surface area contributed by atoms with E-state index in [1.165, 1.54) is 33.4 Å². The average molecular weight is 605 g/mol. The molecule has 0 saturated carbocycles. The Kier molecular flexibility index (Phi) is 6.16. The van der Waals surface area contributed by atoms with E-state index in [1.54, 1.807) is 0 Å². The highest BCUT2D eigenvalue weighted by atomic mass is 16.3. The first kappa shape index (κ1) is 27.4.